The molecule has 105 heavy (non-hydrogen) atoms. The van der Waals surface area contributed by atoms with Gasteiger partial charge >= 0.3 is 30.1 Å². The lowest BCUT2D eigenvalue weighted by Gasteiger charge is -2.24. The largest absolute Gasteiger partial charge is 0.494 e. The number of urea groups is 4. The zero-order chi connectivity index (χ0) is 75.9. The number of nitrogens with one attached hydrogen (secondary N) is 11. The lowest BCUT2D eigenvalue weighted by Crippen LogP contribution is -2.53. The van der Waals surface area contributed by atoms with Crippen molar-refractivity contribution in [3.8, 4) is 22.8 Å². The Labute approximate surface area is 605 Å². The van der Waals surface area contributed by atoms with E-state index in [4.69, 9.17) is 29.4 Å². The van der Waals surface area contributed by atoms with Gasteiger partial charge in [-0.05, 0) is 128 Å². The van der Waals surface area contributed by atoms with Gasteiger partial charge in [0.1, 0.15) is 35.1 Å². The molecule has 6 aromatic rings. The molecule has 1 aliphatic rings. The molecule has 4 atom stereocenters. The van der Waals surface area contributed by atoms with Crippen molar-refractivity contribution < 1.29 is 88.6 Å². The number of primary amides is 1. The third-order valence-electron chi connectivity index (χ3n) is 15.1. The fourth-order valence-electron chi connectivity index (χ4n) is 10.1. The molecule has 4 unspecified atom stereocenters. The Morgan fingerprint density at radius 3 is 2.06 bits per heavy atom. The summed E-state index contributed by atoms with van der Waals surface area (Å²) in [4.78, 5) is 111. The summed E-state index contributed by atoms with van der Waals surface area (Å²) >= 11 is 0. The van der Waals surface area contributed by atoms with Gasteiger partial charge in [0.2, 0.25) is 17.8 Å². The first-order valence-electron chi connectivity index (χ1n) is 33.5. The van der Waals surface area contributed by atoms with Crippen LogP contribution in [-0.2, 0) is 58.9 Å². The van der Waals surface area contributed by atoms with E-state index in [0.29, 0.717) is 54.2 Å². The van der Waals surface area contributed by atoms with E-state index >= 15 is 4.39 Å². The Morgan fingerprint density at radius 2 is 1.36 bits per heavy atom. The SMILES string of the molecule is CCCNC(=O)Nc1cccc(S(=O)(=O)Nc2cccc(C(CC(=O)O)NC(=O)Nc3ccc(NC(=O)NCCOCCOCCOCCC(=O)NC(C(=O)NC(CCCNC(N)=O)C(=O)N=S(C)(=O)Cc4cc5cc(c4)OCCCCOc4cc(F)ccc4-c4nc(ncc4F)N5)C(C)C)cc3)c2)c1. The van der Waals surface area contributed by atoms with Crippen LogP contribution in [-0.4, -0.2) is 166 Å². The number of anilines is 6. The summed E-state index contributed by atoms with van der Waals surface area (Å²) in [5.74, 6) is -5.16. The van der Waals surface area contributed by atoms with E-state index in [2.05, 4.69) is 72.2 Å². The van der Waals surface area contributed by atoms with Gasteiger partial charge in [-0.3, -0.25) is 23.9 Å². The van der Waals surface area contributed by atoms with Gasteiger partial charge in [-0.1, -0.05) is 39.0 Å². The number of fused-ring (bicyclic) bond motifs is 6. The summed E-state index contributed by atoms with van der Waals surface area (Å²) in [6.07, 6.45) is 3.31. The number of hydrogen-bond donors (Lipinski definition) is 13. The number of carbonyl (C=O) groups excluding carboxylic acids is 7. The number of nitrogens with zero attached hydrogens (tertiary/aromatic N) is 3. The molecule has 5 aromatic carbocycles. The molecule has 4 bridgehead atoms. The number of carboxylic acid groups (broad SMARTS) is 1. The number of hydrogen-bond acceptors (Lipinski definition) is 19. The van der Waals surface area contributed by atoms with E-state index in [0.717, 1.165) is 18.3 Å². The molecule has 32 nitrogen and oxygen atoms in total. The highest BCUT2D eigenvalue weighted by atomic mass is 32.2. The number of nitrogens with two attached hydrogens (primary N) is 1. The maximum absolute atomic E-state index is 15.2. The number of carboxylic acids is 1. The molecule has 11 amide bonds. The normalized spacial score (nSPS) is 13.4. The first-order chi connectivity index (χ1) is 50.2. The van der Waals surface area contributed by atoms with E-state index in [1.54, 1.807) is 32.0 Å². The molecule has 14 N–H and O–H groups in total. The Hall–Kier alpha value is -10.8. The molecule has 0 radical (unpaired) electrons. The molecule has 0 saturated heterocycles. The van der Waals surface area contributed by atoms with Crippen molar-refractivity contribution in [1.82, 2.24) is 41.9 Å². The molecule has 0 aliphatic carbocycles. The van der Waals surface area contributed by atoms with Gasteiger partial charge in [0.15, 0.2) is 5.82 Å². The first-order valence-corrected chi connectivity index (χ1v) is 37.1. The number of aromatic nitrogens is 2. The van der Waals surface area contributed by atoms with E-state index in [-0.39, 0.29) is 136 Å². The topological polar surface area (TPSA) is 451 Å². The Balaban J connectivity index is 0.793. The monoisotopic (exact) mass is 1500 g/mol. The summed E-state index contributed by atoms with van der Waals surface area (Å²) < 4.78 is 106. The fraction of sp³-hybridized carbons (Fsp3) is 0.391. The third-order valence-corrected chi connectivity index (χ3v) is 17.9. The minimum atomic E-state index is -4.19. The van der Waals surface area contributed by atoms with Crippen LogP contribution < -0.4 is 73.1 Å². The number of halogens is 2. The lowest BCUT2D eigenvalue weighted by molar-refractivity contribution is -0.137. The van der Waals surface area contributed by atoms with Crippen LogP contribution in [0.1, 0.15) is 82.9 Å². The fourth-order valence-corrected chi connectivity index (χ4v) is 12.6. The first kappa shape index (κ1) is 81.5. The zero-order valence-corrected chi connectivity index (χ0v) is 59.8. The molecule has 1 aliphatic heterocycles. The Morgan fingerprint density at radius 1 is 0.705 bits per heavy atom. The van der Waals surface area contributed by atoms with Crippen LogP contribution in [0.3, 0.4) is 0 Å². The number of aliphatic carboxylic acids is 1. The van der Waals surface area contributed by atoms with Gasteiger partial charge in [-0.2, -0.15) is 4.36 Å². The van der Waals surface area contributed by atoms with E-state index in [1.165, 1.54) is 85.1 Å². The predicted molar refractivity (Wildman–Crippen MR) is 387 cm³/mol. The van der Waals surface area contributed by atoms with Crippen LogP contribution >= 0.6 is 0 Å². The molecule has 0 spiro atoms. The zero-order valence-electron chi connectivity index (χ0n) is 58.2. The van der Waals surface area contributed by atoms with Gasteiger partial charge in [0, 0.05) is 78.4 Å². The third kappa shape index (κ3) is 28.4. The van der Waals surface area contributed by atoms with Crippen LogP contribution in [0.2, 0.25) is 0 Å². The number of ether oxygens (including phenoxy) is 5. The Kier molecular flexibility index (Phi) is 31.7. The number of sulfonamides is 1. The molecule has 0 saturated carbocycles. The Bertz CT molecular complexity index is 4250. The number of carbonyl (C=O) groups is 8. The average Bonchev–Trinajstić information content (AvgIpc) is 1.20. The molecule has 2 heterocycles. The molecule has 1 aromatic heterocycles. The van der Waals surface area contributed by atoms with Crippen LogP contribution in [0.4, 0.5) is 62.3 Å². The van der Waals surface area contributed by atoms with Crippen molar-refractivity contribution in [3.63, 3.8) is 0 Å². The maximum atomic E-state index is 15.2. The number of benzene rings is 5. The quantitative estimate of drug-likeness (QED) is 0.0168. The smallest absolute Gasteiger partial charge is 0.319 e. The summed E-state index contributed by atoms with van der Waals surface area (Å²) in [7, 11) is -7.61. The summed E-state index contributed by atoms with van der Waals surface area (Å²) in [5.41, 5.74) is 7.33. The summed E-state index contributed by atoms with van der Waals surface area (Å²) in [5, 5.41) is 36.2. The van der Waals surface area contributed by atoms with Crippen molar-refractivity contribution >= 4 is 102 Å². The van der Waals surface area contributed by atoms with Crippen LogP contribution in [0.25, 0.3) is 11.3 Å². The maximum Gasteiger partial charge on any atom is 0.319 e. The summed E-state index contributed by atoms with van der Waals surface area (Å²) in [6.45, 7) is 6.98. The van der Waals surface area contributed by atoms with Crippen molar-refractivity contribution in [2.45, 2.75) is 94.5 Å². The molecule has 566 valence electrons. The van der Waals surface area contributed by atoms with Crippen LogP contribution in [0.15, 0.2) is 125 Å². The van der Waals surface area contributed by atoms with Crippen molar-refractivity contribution in [3.05, 3.63) is 138 Å². The van der Waals surface area contributed by atoms with E-state index < -0.39 is 110 Å². The van der Waals surface area contributed by atoms with Gasteiger partial charge in [0.25, 0.3) is 15.9 Å². The van der Waals surface area contributed by atoms with Crippen molar-refractivity contribution in [1.29, 1.82) is 0 Å². The van der Waals surface area contributed by atoms with Gasteiger partial charge in [-0.15, -0.1) is 0 Å². The van der Waals surface area contributed by atoms with Crippen molar-refractivity contribution in [2.75, 3.05) is 105 Å². The van der Waals surface area contributed by atoms with Crippen LogP contribution in [0.5, 0.6) is 11.5 Å². The van der Waals surface area contributed by atoms with Gasteiger partial charge in [0.05, 0.1) is 91.9 Å². The second-order valence-corrected chi connectivity index (χ2v) is 28.2. The summed E-state index contributed by atoms with van der Waals surface area (Å²) in [6, 6.07) is 19.8. The molecule has 0 fully saturated rings. The second kappa shape index (κ2) is 40.9. The highest BCUT2D eigenvalue weighted by Crippen LogP contribution is 2.34. The van der Waals surface area contributed by atoms with Crippen molar-refractivity contribution in [2.24, 2.45) is 16.0 Å². The molecular weight excluding hydrogens is 1410 g/mol. The molecule has 36 heteroatoms. The second-order valence-electron chi connectivity index (χ2n) is 24.2. The average molecular weight is 1500 g/mol. The van der Waals surface area contributed by atoms with Gasteiger partial charge in [-0.25, -0.2) is 50.6 Å². The van der Waals surface area contributed by atoms with E-state index in [1.807, 2.05) is 6.92 Å². The minimum Gasteiger partial charge on any atom is -0.494 e. The highest BCUT2D eigenvalue weighted by Gasteiger charge is 2.30. The van der Waals surface area contributed by atoms with Crippen LogP contribution in [0, 0.1) is 17.6 Å². The molecule has 7 rings (SSSR count). The number of rotatable bonds is 35. The standard InChI is InChI=1S/C69H87F2N15O17S2/c1-5-23-74-67(93)80-49-12-9-14-53(39-49)105(97,98)85-50-13-8-11-45(36-50)57(40-60(88)89)82-69(95)79-48-19-17-47(18-20-48)78-68(94)75-25-29-100-31-33-101-32-30-99-28-22-59(87)83-61(43(2)3)64(91)81-56(15-10-24-73-65(72)92)63(90)86-104(4,96)42-44-34-51-38-52(35-44)102-26-6-7-27-103-58-37-46(70)16-21-54(58)62-55(71)41-76-66(77-51)84-62/h8-9,11-14,16-21,34-39,41,43,56-57,61,85H,5-7,10,15,22-33,40,42H2,1-4H3,(H,81,91)(H,83,87)(H,88,89)(H3,72,73,92)(H2,74,80,93)(H2,75,78,94)(H,76,77,84)(H2,79,82,95). The predicted octanol–water partition coefficient (Wildman–Crippen LogP) is 7.85. The van der Waals surface area contributed by atoms with E-state index in [9.17, 15) is 60.5 Å². The molecular formula is C69H87F2N15O17S2. The van der Waals surface area contributed by atoms with Gasteiger partial charge < -0.3 is 87.7 Å². The lowest BCUT2D eigenvalue weighted by atomic mass is 10.0. The number of amides is 11. The highest BCUT2D eigenvalue weighted by molar-refractivity contribution is 7.93. The minimum absolute atomic E-state index is 0.0304.